The maximum absolute atomic E-state index is 13.4. The van der Waals surface area contributed by atoms with E-state index in [2.05, 4.69) is 33.0 Å². The van der Waals surface area contributed by atoms with Crippen LogP contribution in [0.4, 0.5) is 0 Å². The van der Waals surface area contributed by atoms with Crippen molar-refractivity contribution in [2.45, 2.75) is 75.2 Å². The highest BCUT2D eigenvalue weighted by atomic mass is 32.2. The normalized spacial score (nSPS) is 36.7. The van der Waals surface area contributed by atoms with Crippen molar-refractivity contribution in [3.63, 3.8) is 0 Å². The molecule has 1 N–H and O–H groups in total. The van der Waals surface area contributed by atoms with Gasteiger partial charge < -0.3 is 9.05 Å². The van der Waals surface area contributed by atoms with Crippen LogP contribution in [-0.2, 0) is 13.6 Å². The van der Waals surface area contributed by atoms with Gasteiger partial charge in [-0.05, 0) is 26.7 Å². The van der Waals surface area contributed by atoms with Gasteiger partial charge in [0.15, 0.2) is 0 Å². The third-order valence-corrected chi connectivity index (χ3v) is 8.81. The van der Waals surface area contributed by atoms with Crippen LogP contribution < -0.4 is 5.32 Å². The Bertz CT molecular complexity index is 446. The molecule has 0 aromatic rings. The number of nitrogens with one attached hydrogen (secondary N) is 1. The van der Waals surface area contributed by atoms with E-state index in [0.717, 1.165) is 12.8 Å². The summed E-state index contributed by atoms with van der Waals surface area (Å²) in [7, 11) is -3.09. The van der Waals surface area contributed by atoms with Crippen LogP contribution in [0.1, 0.15) is 59.8 Å². The Balaban J connectivity index is 1.87. The van der Waals surface area contributed by atoms with Gasteiger partial charge in [-0.15, -0.1) is 11.8 Å². The molecule has 2 aliphatic heterocycles. The Labute approximate surface area is 132 Å². The van der Waals surface area contributed by atoms with Crippen molar-refractivity contribution in [2.24, 2.45) is 5.41 Å². The molecule has 0 aromatic heterocycles. The molecule has 1 saturated carbocycles. The molecule has 0 amide bonds. The first-order chi connectivity index (χ1) is 9.67. The SMILES string of the molecule is CC1(C)COP(=O)([C@H]2NC(C)(C)SC23CCCCC3)OC1. The molecule has 0 aromatic carbocycles. The van der Waals surface area contributed by atoms with Crippen molar-refractivity contribution in [3.05, 3.63) is 0 Å². The topological polar surface area (TPSA) is 47.6 Å². The van der Waals surface area contributed by atoms with Crippen LogP contribution in [0.5, 0.6) is 0 Å². The molecular weight excluding hydrogens is 305 g/mol. The van der Waals surface area contributed by atoms with E-state index in [-0.39, 0.29) is 20.8 Å². The van der Waals surface area contributed by atoms with Crippen LogP contribution in [0.15, 0.2) is 0 Å². The first-order valence-electron chi connectivity index (χ1n) is 8.03. The summed E-state index contributed by atoms with van der Waals surface area (Å²) in [4.78, 5) is -0.0703. The van der Waals surface area contributed by atoms with Crippen molar-refractivity contribution >= 4 is 19.4 Å². The summed E-state index contributed by atoms with van der Waals surface area (Å²) >= 11 is 1.95. The Morgan fingerprint density at radius 3 is 2.19 bits per heavy atom. The highest BCUT2D eigenvalue weighted by molar-refractivity contribution is 8.02. The van der Waals surface area contributed by atoms with Crippen LogP contribution in [0.2, 0.25) is 0 Å². The van der Waals surface area contributed by atoms with Gasteiger partial charge in [-0.2, -0.15) is 0 Å². The predicted octanol–water partition coefficient (Wildman–Crippen LogP) is 4.35. The van der Waals surface area contributed by atoms with Gasteiger partial charge in [0.05, 0.1) is 18.1 Å². The van der Waals surface area contributed by atoms with E-state index in [1.807, 2.05) is 11.8 Å². The van der Waals surface area contributed by atoms with Gasteiger partial charge in [-0.3, -0.25) is 9.88 Å². The molecule has 21 heavy (non-hydrogen) atoms. The number of rotatable bonds is 1. The number of hydrogen-bond acceptors (Lipinski definition) is 5. The first-order valence-corrected chi connectivity index (χ1v) is 10.5. The van der Waals surface area contributed by atoms with Gasteiger partial charge >= 0.3 is 7.60 Å². The van der Waals surface area contributed by atoms with E-state index in [4.69, 9.17) is 9.05 Å². The fraction of sp³-hybridized carbons (Fsp3) is 1.00. The fourth-order valence-corrected chi connectivity index (χ4v) is 8.94. The second kappa shape index (κ2) is 5.24. The largest absolute Gasteiger partial charge is 0.348 e. The van der Waals surface area contributed by atoms with Gasteiger partial charge in [-0.1, -0.05) is 33.1 Å². The number of thioether (sulfide) groups is 1. The van der Waals surface area contributed by atoms with Gasteiger partial charge in [-0.25, -0.2) is 0 Å². The summed E-state index contributed by atoms with van der Waals surface area (Å²) in [5.74, 6) is -0.165. The van der Waals surface area contributed by atoms with Gasteiger partial charge in [0, 0.05) is 10.2 Å². The lowest BCUT2D eigenvalue weighted by atomic mass is 9.88. The summed E-state index contributed by atoms with van der Waals surface area (Å²) in [6.45, 7) is 9.57. The van der Waals surface area contributed by atoms with Crippen molar-refractivity contribution < 1.29 is 13.6 Å². The van der Waals surface area contributed by atoms with Crippen molar-refractivity contribution in [3.8, 4) is 0 Å². The first kappa shape index (κ1) is 16.3. The van der Waals surface area contributed by atoms with Crippen LogP contribution in [0.3, 0.4) is 0 Å². The minimum Gasteiger partial charge on any atom is -0.307 e. The second-order valence-electron chi connectivity index (χ2n) is 8.04. The predicted molar refractivity (Wildman–Crippen MR) is 87.7 cm³/mol. The Hall–Kier alpha value is 0.460. The van der Waals surface area contributed by atoms with Gasteiger partial charge in [0.2, 0.25) is 0 Å². The highest BCUT2D eigenvalue weighted by Crippen LogP contribution is 2.68. The summed E-state index contributed by atoms with van der Waals surface area (Å²) < 4.78 is 25.1. The zero-order valence-electron chi connectivity index (χ0n) is 13.6. The maximum atomic E-state index is 13.4. The van der Waals surface area contributed by atoms with Crippen molar-refractivity contribution in [2.75, 3.05) is 13.2 Å². The van der Waals surface area contributed by atoms with Crippen molar-refractivity contribution in [1.29, 1.82) is 0 Å². The summed E-state index contributed by atoms with van der Waals surface area (Å²) in [6, 6.07) is 0. The van der Waals surface area contributed by atoms with Crippen LogP contribution in [0.25, 0.3) is 0 Å². The third-order valence-electron chi connectivity index (χ3n) is 4.73. The minimum atomic E-state index is -3.09. The molecule has 3 rings (SSSR count). The molecular formula is C15H28NO3PS. The molecule has 2 saturated heterocycles. The molecule has 0 bridgehead atoms. The van der Waals surface area contributed by atoms with E-state index >= 15 is 0 Å². The zero-order valence-corrected chi connectivity index (χ0v) is 15.3. The lowest BCUT2D eigenvalue weighted by Crippen LogP contribution is -2.47. The molecule has 122 valence electrons. The molecule has 3 fully saturated rings. The summed E-state index contributed by atoms with van der Waals surface area (Å²) in [5.41, 5.74) is -0.0467. The Kier molecular flexibility index (Phi) is 4.07. The molecule has 1 spiro atoms. The molecule has 0 unspecified atom stereocenters. The molecule has 4 nitrogen and oxygen atoms in total. The van der Waals surface area contributed by atoms with Crippen LogP contribution in [0, 0.1) is 5.41 Å². The number of hydrogen-bond donors (Lipinski definition) is 1. The molecule has 1 aliphatic carbocycles. The molecule has 1 atom stereocenters. The monoisotopic (exact) mass is 333 g/mol. The van der Waals surface area contributed by atoms with E-state index in [1.165, 1.54) is 19.3 Å². The average molecular weight is 333 g/mol. The van der Waals surface area contributed by atoms with E-state index < -0.39 is 7.60 Å². The van der Waals surface area contributed by atoms with Crippen LogP contribution in [-0.4, -0.2) is 28.6 Å². The lowest BCUT2D eigenvalue weighted by molar-refractivity contribution is 0.0341. The zero-order chi connectivity index (χ0) is 15.4. The lowest BCUT2D eigenvalue weighted by Gasteiger charge is -2.43. The third kappa shape index (κ3) is 3.10. The molecule has 2 heterocycles. The van der Waals surface area contributed by atoms with Gasteiger partial charge in [0.1, 0.15) is 5.78 Å². The van der Waals surface area contributed by atoms with E-state index in [9.17, 15) is 4.57 Å². The van der Waals surface area contributed by atoms with Gasteiger partial charge in [0.25, 0.3) is 0 Å². The molecule has 6 heteroatoms. The quantitative estimate of drug-likeness (QED) is 0.723. The standard InChI is InChI=1S/C15H28NO3PS/c1-13(2)10-18-20(17,19-11-13)12-15(8-6-5-7-9-15)21-14(3,4)16-12/h12,16H,5-11H2,1-4H3/t12-/m1/s1. The molecule has 0 radical (unpaired) electrons. The minimum absolute atomic E-state index is 0.0127. The molecule has 3 aliphatic rings. The van der Waals surface area contributed by atoms with Crippen molar-refractivity contribution in [1.82, 2.24) is 5.32 Å². The summed E-state index contributed by atoms with van der Waals surface area (Å²) in [5, 5.41) is 3.58. The summed E-state index contributed by atoms with van der Waals surface area (Å²) in [6.07, 6.45) is 5.94. The van der Waals surface area contributed by atoms with E-state index in [0.29, 0.717) is 13.2 Å². The Morgan fingerprint density at radius 2 is 1.62 bits per heavy atom. The van der Waals surface area contributed by atoms with E-state index in [1.54, 1.807) is 0 Å². The maximum Gasteiger partial charge on any atom is 0.348 e. The van der Waals surface area contributed by atoms with Crippen LogP contribution >= 0.6 is 19.4 Å². The Morgan fingerprint density at radius 1 is 1.05 bits per heavy atom. The second-order valence-corrected chi connectivity index (χ2v) is 12.2. The smallest absolute Gasteiger partial charge is 0.307 e. The average Bonchev–Trinajstić information content (AvgIpc) is 2.66. The highest BCUT2D eigenvalue weighted by Gasteiger charge is 2.60. The fourth-order valence-electron chi connectivity index (χ4n) is 3.70.